The van der Waals surface area contributed by atoms with Crippen LogP contribution in [-0.4, -0.2) is 39.7 Å². The Morgan fingerprint density at radius 1 is 1.63 bits per heavy atom. The number of carboxylic acid groups (broad SMARTS) is 1. The van der Waals surface area contributed by atoms with E-state index < -0.39 is 11.5 Å². The minimum Gasteiger partial charge on any atom is -0.480 e. The van der Waals surface area contributed by atoms with Crippen LogP contribution in [-0.2, 0) is 4.79 Å². The molecule has 2 rings (SSSR count). The Bertz CT molecular complexity index is 554. The van der Waals surface area contributed by atoms with E-state index in [1.165, 1.54) is 6.07 Å². The van der Waals surface area contributed by atoms with E-state index in [2.05, 4.69) is 9.97 Å². The van der Waals surface area contributed by atoms with Gasteiger partial charge in [-0.05, 0) is 6.42 Å². The van der Waals surface area contributed by atoms with Gasteiger partial charge >= 0.3 is 5.97 Å². The van der Waals surface area contributed by atoms with Gasteiger partial charge in [0.05, 0.1) is 0 Å². The van der Waals surface area contributed by atoms with Crippen molar-refractivity contribution in [3.8, 4) is 0 Å². The highest BCUT2D eigenvalue weighted by Gasteiger charge is 2.41. The third-order valence-electron chi connectivity index (χ3n) is 3.34. The highest BCUT2D eigenvalue weighted by molar-refractivity contribution is 5.80. The van der Waals surface area contributed by atoms with Crippen LogP contribution in [0.25, 0.3) is 0 Å². The van der Waals surface area contributed by atoms with Crippen LogP contribution in [0.1, 0.15) is 32.0 Å². The molecule has 1 fully saturated rings. The first-order valence-electron chi connectivity index (χ1n) is 6.20. The minimum absolute atomic E-state index is 0.0948. The number of aromatic nitrogens is 2. The Morgan fingerprint density at radius 2 is 2.32 bits per heavy atom. The Balaban J connectivity index is 2.29. The number of carboxylic acids is 1. The molecule has 0 bridgehead atoms. The summed E-state index contributed by atoms with van der Waals surface area (Å²) in [5, 5.41) is 9.09. The number of carbonyl (C=O) groups is 1. The average Bonchev–Trinajstić information content (AvgIpc) is 2.72. The van der Waals surface area contributed by atoms with Gasteiger partial charge in [0.2, 0.25) is 0 Å². The van der Waals surface area contributed by atoms with E-state index in [0.29, 0.717) is 24.6 Å². The Morgan fingerprint density at radius 3 is 2.84 bits per heavy atom. The molecule has 0 amide bonds. The zero-order valence-electron chi connectivity index (χ0n) is 11.0. The third-order valence-corrected chi connectivity index (χ3v) is 3.34. The van der Waals surface area contributed by atoms with Crippen LogP contribution < -0.4 is 16.2 Å². The summed E-state index contributed by atoms with van der Waals surface area (Å²) in [6, 6.07) is 1.37. The maximum absolute atomic E-state index is 11.6. The van der Waals surface area contributed by atoms with Gasteiger partial charge in [-0.25, -0.2) is 4.98 Å². The molecule has 0 radical (unpaired) electrons. The van der Waals surface area contributed by atoms with Gasteiger partial charge in [0.1, 0.15) is 17.2 Å². The second-order valence-electron chi connectivity index (χ2n) is 5.28. The lowest BCUT2D eigenvalue weighted by molar-refractivity contribution is -0.142. The molecule has 4 N–H and O–H groups in total. The molecule has 1 aliphatic heterocycles. The van der Waals surface area contributed by atoms with Crippen LogP contribution in [0.5, 0.6) is 0 Å². The standard InChI is InChI=1S/C12H18N4O3/c1-7(2)10-14-8(5-9(17)15-10)16-4-3-12(13,6-16)11(18)19/h5,7H,3-4,6,13H2,1-2H3,(H,18,19)(H,14,15,17). The van der Waals surface area contributed by atoms with E-state index in [1.807, 2.05) is 13.8 Å². The monoisotopic (exact) mass is 266 g/mol. The second-order valence-corrected chi connectivity index (χ2v) is 5.28. The van der Waals surface area contributed by atoms with Gasteiger partial charge in [-0.2, -0.15) is 0 Å². The number of nitrogens with one attached hydrogen (secondary N) is 1. The first-order valence-corrected chi connectivity index (χ1v) is 6.20. The first kappa shape index (κ1) is 13.5. The van der Waals surface area contributed by atoms with Crippen molar-refractivity contribution < 1.29 is 9.90 Å². The maximum Gasteiger partial charge on any atom is 0.325 e. The average molecular weight is 266 g/mol. The predicted octanol–water partition coefficient (Wildman–Crippen LogP) is -0.114. The second kappa shape index (κ2) is 4.65. The van der Waals surface area contributed by atoms with E-state index in [1.54, 1.807) is 4.90 Å². The lowest BCUT2D eigenvalue weighted by Gasteiger charge is -2.21. The molecule has 1 unspecified atom stereocenters. The lowest BCUT2D eigenvalue weighted by atomic mass is 10.0. The predicted molar refractivity (Wildman–Crippen MR) is 70.3 cm³/mol. The summed E-state index contributed by atoms with van der Waals surface area (Å²) in [6.07, 6.45) is 0.341. The molecule has 0 aromatic carbocycles. The Hall–Kier alpha value is -1.89. The number of rotatable bonds is 3. The first-order chi connectivity index (χ1) is 8.82. The summed E-state index contributed by atoms with van der Waals surface area (Å²) in [6.45, 7) is 4.50. The number of anilines is 1. The molecule has 7 heteroatoms. The molecule has 0 spiro atoms. The van der Waals surface area contributed by atoms with Crippen molar-refractivity contribution in [2.45, 2.75) is 31.7 Å². The highest BCUT2D eigenvalue weighted by Crippen LogP contribution is 2.24. The molecule has 0 aliphatic carbocycles. The van der Waals surface area contributed by atoms with E-state index in [9.17, 15) is 9.59 Å². The van der Waals surface area contributed by atoms with Crippen LogP contribution in [0.2, 0.25) is 0 Å². The van der Waals surface area contributed by atoms with Crippen molar-refractivity contribution in [3.05, 3.63) is 22.2 Å². The minimum atomic E-state index is -1.26. The highest BCUT2D eigenvalue weighted by atomic mass is 16.4. The molecule has 1 aromatic rings. The summed E-state index contributed by atoms with van der Waals surface area (Å²) in [5.41, 5.74) is 4.31. The van der Waals surface area contributed by atoms with Gasteiger partial charge in [0, 0.05) is 25.1 Å². The van der Waals surface area contributed by atoms with Gasteiger partial charge in [-0.15, -0.1) is 0 Å². The maximum atomic E-state index is 11.6. The third kappa shape index (κ3) is 2.60. The molecule has 1 aromatic heterocycles. The van der Waals surface area contributed by atoms with Gasteiger partial charge in [-0.1, -0.05) is 13.8 Å². The number of nitrogens with zero attached hydrogens (tertiary/aromatic N) is 2. The van der Waals surface area contributed by atoms with Crippen molar-refractivity contribution in [2.75, 3.05) is 18.0 Å². The number of aromatic amines is 1. The number of nitrogens with two attached hydrogens (primary N) is 1. The topological polar surface area (TPSA) is 112 Å². The summed E-state index contributed by atoms with van der Waals surface area (Å²) in [5.74, 6) is 0.148. The molecular formula is C12H18N4O3. The summed E-state index contributed by atoms with van der Waals surface area (Å²) < 4.78 is 0. The molecule has 0 saturated carbocycles. The van der Waals surface area contributed by atoms with Crippen LogP contribution >= 0.6 is 0 Å². The zero-order valence-corrected chi connectivity index (χ0v) is 11.0. The van der Waals surface area contributed by atoms with Crippen molar-refractivity contribution >= 4 is 11.8 Å². The smallest absolute Gasteiger partial charge is 0.325 e. The van der Waals surface area contributed by atoms with Crippen molar-refractivity contribution in [1.29, 1.82) is 0 Å². The quantitative estimate of drug-likeness (QED) is 0.703. The van der Waals surface area contributed by atoms with Gasteiger partial charge in [0.25, 0.3) is 5.56 Å². The zero-order chi connectivity index (χ0) is 14.2. The number of hydrogen-bond donors (Lipinski definition) is 3. The summed E-state index contributed by atoms with van der Waals surface area (Å²) in [4.78, 5) is 31.5. The fraction of sp³-hybridized carbons (Fsp3) is 0.583. The van der Waals surface area contributed by atoms with Crippen LogP contribution in [0, 0.1) is 0 Å². The normalized spacial score (nSPS) is 23.1. The van der Waals surface area contributed by atoms with E-state index in [4.69, 9.17) is 10.8 Å². The molecule has 1 atom stereocenters. The van der Waals surface area contributed by atoms with E-state index >= 15 is 0 Å². The molecule has 2 heterocycles. The van der Waals surface area contributed by atoms with E-state index in [-0.39, 0.29) is 18.0 Å². The molecule has 1 saturated heterocycles. The van der Waals surface area contributed by atoms with Crippen LogP contribution in [0.15, 0.2) is 10.9 Å². The van der Waals surface area contributed by atoms with Crippen LogP contribution in [0.4, 0.5) is 5.82 Å². The molecule has 104 valence electrons. The summed E-state index contributed by atoms with van der Waals surface area (Å²) >= 11 is 0. The van der Waals surface area contributed by atoms with Gasteiger partial charge < -0.3 is 20.7 Å². The number of aliphatic carboxylic acids is 1. The van der Waals surface area contributed by atoms with Crippen molar-refractivity contribution in [3.63, 3.8) is 0 Å². The number of H-pyrrole nitrogens is 1. The molecule has 1 aliphatic rings. The fourth-order valence-corrected chi connectivity index (χ4v) is 2.10. The molecule has 19 heavy (non-hydrogen) atoms. The lowest BCUT2D eigenvalue weighted by Crippen LogP contribution is -2.50. The Kier molecular flexibility index (Phi) is 3.32. The SMILES string of the molecule is CC(C)c1nc(N2CCC(N)(C(=O)O)C2)cc(=O)[nH]1. The van der Waals surface area contributed by atoms with Gasteiger partial charge in [-0.3, -0.25) is 9.59 Å². The van der Waals surface area contributed by atoms with Gasteiger partial charge in [0.15, 0.2) is 0 Å². The fourth-order valence-electron chi connectivity index (χ4n) is 2.10. The van der Waals surface area contributed by atoms with Crippen LogP contribution in [0.3, 0.4) is 0 Å². The molecule has 7 nitrogen and oxygen atoms in total. The van der Waals surface area contributed by atoms with Crippen molar-refractivity contribution in [2.24, 2.45) is 5.73 Å². The summed E-state index contributed by atoms with van der Waals surface area (Å²) in [7, 11) is 0. The van der Waals surface area contributed by atoms with E-state index in [0.717, 1.165) is 0 Å². The van der Waals surface area contributed by atoms with Crippen molar-refractivity contribution in [1.82, 2.24) is 9.97 Å². The number of hydrogen-bond acceptors (Lipinski definition) is 5. The largest absolute Gasteiger partial charge is 0.480 e. The molecular weight excluding hydrogens is 248 g/mol. The Labute approximate surface area is 110 Å².